The summed E-state index contributed by atoms with van der Waals surface area (Å²) < 4.78 is 2.44. The van der Waals surface area contributed by atoms with Crippen LogP contribution in [-0.2, 0) is 10.8 Å². The van der Waals surface area contributed by atoms with Crippen molar-refractivity contribution >= 4 is 27.3 Å². The van der Waals surface area contributed by atoms with Crippen LogP contribution in [0.15, 0.2) is 42.5 Å². The molecule has 0 spiro atoms. The second-order valence-electron chi connectivity index (χ2n) is 8.20. The monoisotopic (exact) mass is 314 g/mol. The van der Waals surface area contributed by atoms with E-state index in [2.05, 4.69) is 81.5 Å². The smallest absolute Gasteiger partial charge is 0.145 e. The van der Waals surface area contributed by atoms with Crippen LogP contribution in [0.5, 0.6) is 0 Å². The predicted molar refractivity (Wildman–Crippen MR) is 101 cm³/mol. The van der Waals surface area contributed by atoms with Crippen LogP contribution in [-0.4, -0.2) is 9.38 Å². The van der Waals surface area contributed by atoms with Gasteiger partial charge >= 0.3 is 0 Å². The highest BCUT2D eigenvalue weighted by Gasteiger charge is 2.47. The molecule has 3 heterocycles. The molecule has 0 unspecified atom stereocenters. The van der Waals surface area contributed by atoms with Crippen molar-refractivity contribution < 1.29 is 0 Å². The number of benzene rings is 2. The molecule has 2 nitrogen and oxygen atoms in total. The number of para-hydroxylation sites is 1. The molecule has 0 saturated heterocycles. The number of imidazole rings is 1. The molecule has 2 aromatic carbocycles. The normalized spacial score (nSPS) is 18.0. The lowest BCUT2D eigenvalue weighted by molar-refractivity contribution is 0.287. The van der Waals surface area contributed by atoms with Crippen LogP contribution < -0.4 is 0 Å². The molecular weight excluding hydrogens is 292 g/mol. The van der Waals surface area contributed by atoms with Crippen LogP contribution in [0.25, 0.3) is 27.3 Å². The van der Waals surface area contributed by atoms with Crippen LogP contribution >= 0.6 is 0 Å². The van der Waals surface area contributed by atoms with E-state index in [-0.39, 0.29) is 10.8 Å². The highest BCUT2D eigenvalue weighted by molar-refractivity contribution is 6.13. The number of fused-ring (bicyclic) bond motifs is 3. The third-order valence-electron chi connectivity index (χ3n) is 6.60. The van der Waals surface area contributed by atoms with Gasteiger partial charge in [0, 0.05) is 21.6 Å². The first-order valence-electron chi connectivity index (χ1n) is 8.69. The average Bonchev–Trinajstić information content (AvgIpc) is 2.91. The molecule has 4 aromatic rings. The number of rotatable bonds is 0. The third-order valence-corrected chi connectivity index (χ3v) is 6.60. The lowest BCUT2D eigenvalue weighted by Crippen LogP contribution is -2.44. The molecule has 0 amide bonds. The molecule has 5 rings (SSSR count). The maximum absolute atomic E-state index is 5.02. The minimum Gasteiger partial charge on any atom is -0.295 e. The predicted octanol–water partition coefficient (Wildman–Crippen LogP) is 5.52. The number of pyridine rings is 1. The summed E-state index contributed by atoms with van der Waals surface area (Å²) in [6.07, 6.45) is 0. The molecule has 0 N–H and O–H groups in total. The van der Waals surface area contributed by atoms with Gasteiger partial charge in [-0.3, -0.25) is 4.40 Å². The van der Waals surface area contributed by atoms with Gasteiger partial charge in [0.25, 0.3) is 0 Å². The molecule has 1 aliphatic rings. The van der Waals surface area contributed by atoms with E-state index in [0.717, 1.165) is 11.3 Å². The highest BCUT2D eigenvalue weighted by Crippen LogP contribution is 2.51. The molecule has 0 radical (unpaired) electrons. The maximum atomic E-state index is 5.02. The summed E-state index contributed by atoms with van der Waals surface area (Å²) in [5.41, 5.74) is 6.43. The van der Waals surface area contributed by atoms with Gasteiger partial charge in [-0.2, -0.15) is 0 Å². The first-order chi connectivity index (χ1) is 11.4. The van der Waals surface area contributed by atoms with Gasteiger partial charge in [-0.1, -0.05) is 70.2 Å². The lowest BCUT2D eigenvalue weighted by atomic mass is 9.60. The van der Waals surface area contributed by atoms with E-state index in [1.807, 2.05) is 0 Å². The Morgan fingerprint density at radius 2 is 1.46 bits per heavy atom. The van der Waals surface area contributed by atoms with Crippen LogP contribution in [0, 0.1) is 6.92 Å². The quantitative estimate of drug-likeness (QED) is 0.391. The standard InChI is InChI=1S/C22H22N2/c1-13-19-22(4,5)21(2,3)17-12-8-11-15-14-9-6-7-10-16(14)20(23-13)24(19)18(15)17/h6-12H,1-5H3. The number of nitrogens with zero attached hydrogens (tertiary/aromatic N) is 2. The summed E-state index contributed by atoms with van der Waals surface area (Å²) in [5.74, 6) is 0. The van der Waals surface area contributed by atoms with Crippen molar-refractivity contribution in [1.29, 1.82) is 0 Å². The Labute approximate surface area is 142 Å². The van der Waals surface area contributed by atoms with Gasteiger partial charge in [-0.05, 0) is 17.9 Å². The summed E-state index contributed by atoms with van der Waals surface area (Å²) in [7, 11) is 0. The Bertz CT molecular complexity index is 1160. The van der Waals surface area contributed by atoms with Gasteiger partial charge in [0.15, 0.2) is 0 Å². The molecular formula is C22H22N2. The van der Waals surface area contributed by atoms with E-state index in [1.54, 1.807) is 0 Å². The zero-order valence-corrected chi connectivity index (χ0v) is 14.9. The minimum absolute atomic E-state index is 0.0141. The van der Waals surface area contributed by atoms with Crippen molar-refractivity contribution in [2.75, 3.05) is 0 Å². The largest absolute Gasteiger partial charge is 0.295 e. The first-order valence-corrected chi connectivity index (χ1v) is 8.69. The van der Waals surface area contributed by atoms with Gasteiger partial charge in [-0.15, -0.1) is 0 Å². The van der Waals surface area contributed by atoms with Gasteiger partial charge in [0.2, 0.25) is 0 Å². The van der Waals surface area contributed by atoms with Crippen molar-refractivity contribution in [2.24, 2.45) is 0 Å². The van der Waals surface area contributed by atoms with E-state index in [9.17, 15) is 0 Å². The zero-order chi connectivity index (χ0) is 16.9. The summed E-state index contributed by atoms with van der Waals surface area (Å²) in [4.78, 5) is 5.02. The third kappa shape index (κ3) is 1.33. The molecule has 0 bridgehead atoms. The van der Waals surface area contributed by atoms with Gasteiger partial charge in [0.1, 0.15) is 5.65 Å². The van der Waals surface area contributed by atoms with Crippen molar-refractivity contribution in [3.8, 4) is 0 Å². The Kier molecular flexibility index (Phi) is 2.34. The van der Waals surface area contributed by atoms with Crippen LogP contribution in [0.4, 0.5) is 0 Å². The Morgan fingerprint density at radius 1 is 0.792 bits per heavy atom. The second kappa shape index (κ2) is 4.00. The van der Waals surface area contributed by atoms with Crippen molar-refractivity contribution in [3.63, 3.8) is 0 Å². The van der Waals surface area contributed by atoms with Gasteiger partial charge in [-0.25, -0.2) is 4.98 Å². The van der Waals surface area contributed by atoms with Crippen molar-refractivity contribution in [2.45, 2.75) is 45.4 Å². The molecule has 0 aliphatic carbocycles. The van der Waals surface area contributed by atoms with Crippen molar-refractivity contribution in [3.05, 3.63) is 59.4 Å². The van der Waals surface area contributed by atoms with Gasteiger partial charge < -0.3 is 0 Å². The second-order valence-corrected chi connectivity index (χ2v) is 8.20. The number of aromatic nitrogens is 2. The van der Waals surface area contributed by atoms with Crippen LogP contribution in [0.2, 0.25) is 0 Å². The summed E-state index contributed by atoms with van der Waals surface area (Å²) in [5, 5.41) is 3.87. The van der Waals surface area contributed by atoms with Crippen LogP contribution in [0.3, 0.4) is 0 Å². The van der Waals surface area contributed by atoms with E-state index in [4.69, 9.17) is 4.98 Å². The fourth-order valence-corrected chi connectivity index (χ4v) is 4.71. The van der Waals surface area contributed by atoms with E-state index in [0.29, 0.717) is 0 Å². The Balaban J connectivity index is 2.24. The Morgan fingerprint density at radius 3 is 2.21 bits per heavy atom. The number of aryl methyl sites for hydroxylation is 1. The molecule has 24 heavy (non-hydrogen) atoms. The fraction of sp³-hybridized carbons (Fsp3) is 0.318. The maximum Gasteiger partial charge on any atom is 0.145 e. The Hall–Kier alpha value is -2.35. The minimum atomic E-state index is 0.0141. The fourth-order valence-electron chi connectivity index (χ4n) is 4.71. The molecule has 2 heteroatoms. The molecule has 0 fully saturated rings. The zero-order valence-electron chi connectivity index (χ0n) is 14.9. The van der Waals surface area contributed by atoms with E-state index in [1.165, 1.54) is 32.9 Å². The first kappa shape index (κ1) is 14.0. The molecule has 0 atom stereocenters. The molecule has 2 aromatic heterocycles. The highest BCUT2D eigenvalue weighted by atomic mass is 15.1. The van der Waals surface area contributed by atoms with Crippen molar-refractivity contribution in [1.82, 2.24) is 9.38 Å². The molecule has 120 valence electrons. The number of hydrogen-bond acceptors (Lipinski definition) is 1. The SMILES string of the molecule is Cc1nc2c3ccccc3c3cccc4c3n2c1C(C)(C)C4(C)C. The summed E-state index contributed by atoms with van der Waals surface area (Å²) in [6.45, 7) is 11.6. The van der Waals surface area contributed by atoms with E-state index < -0.39 is 0 Å². The lowest BCUT2D eigenvalue weighted by Gasteiger charge is -2.46. The average molecular weight is 314 g/mol. The summed E-state index contributed by atoms with van der Waals surface area (Å²) in [6, 6.07) is 15.4. The van der Waals surface area contributed by atoms with Crippen LogP contribution in [0.1, 0.15) is 44.6 Å². The molecule has 1 aliphatic heterocycles. The number of hydrogen-bond donors (Lipinski definition) is 0. The topological polar surface area (TPSA) is 17.3 Å². The summed E-state index contributed by atoms with van der Waals surface area (Å²) >= 11 is 0. The van der Waals surface area contributed by atoms with E-state index >= 15 is 0 Å². The molecule has 0 saturated carbocycles. The van der Waals surface area contributed by atoms with Gasteiger partial charge in [0.05, 0.1) is 16.9 Å².